The Kier molecular flexibility index (Phi) is 16.5. The van der Waals surface area contributed by atoms with Crippen molar-refractivity contribution in [3.63, 3.8) is 0 Å². The summed E-state index contributed by atoms with van der Waals surface area (Å²) in [5.74, 6) is 24.2. The van der Waals surface area contributed by atoms with Gasteiger partial charge in [-0.05, 0) is 123 Å². The van der Waals surface area contributed by atoms with Gasteiger partial charge in [0.05, 0.1) is 11.2 Å². The topological polar surface area (TPSA) is 205 Å². The van der Waals surface area contributed by atoms with E-state index in [0.29, 0.717) is 91.9 Å². The minimum Gasteiger partial charge on any atom is -0.404 e. The van der Waals surface area contributed by atoms with Gasteiger partial charge < -0.3 is 17.1 Å². The molecule has 8 aliphatic heterocycles. The standard InChI is InChI=1S/C40H34N8O2Si.C38H34N8O2Si3.C9H4/c1-39(2,3)49-51(50-40(4,5)6)47-35-27-19-11-12-20-28(27)37(47)45-33-25-17-9-10-18-26(25)34(42-33)46-38-30-22-14-13-21-29(30)36(48(38)51)44-32-24-16-8-7-15-23(24)31(41-32)43-35;1-49(2,3)47-51(48-50(4,5)6)45-35-27-19-11-12-20-28(27)37(45)43-33-25-17-9-10-18-26(25)34(40-33)44-38-30-22-14-13-21-29(30)36(46(38)51)42-32-24-16-8-7-15-23(24)31(39-32)41-35;1-3-5-7-9-8-6-4-2/h2*7-22H,1-6H3;1H,2H3. The average molecular weight is 1520 g/mol. The second-order valence-corrected chi connectivity index (χ2v) is 45.7. The number of aliphatic imine (C=N–C) groups is 8. The molecule has 111 heavy (non-hydrogen) atoms. The van der Waals surface area contributed by atoms with Crippen LogP contribution < -0.4 is 22.0 Å². The average Bonchev–Trinajstić information content (AvgIpc) is 1.54. The Morgan fingerprint density at radius 3 is 0.766 bits per heavy atom. The van der Waals surface area contributed by atoms with Gasteiger partial charge in [0.2, 0.25) is 0 Å². The van der Waals surface area contributed by atoms with E-state index in [2.05, 4.69) is 212 Å². The number of benzene rings is 8. The molecule has 24 heteroatoms. The van der Waals surface area contributed by atoms with Crippen molar-refractivity contribution < 1.29 is 17.1 Å². The van der Waals surface area contributed by atoms with Crippen molar-refractivity contribution in [3.8, 4) is 47.9 Å². The summed E-state index contributed by atoms with van der Waals surface area (Å²) in [6.07, 6.45) is 4.82. The summed E-state index contributed by atoms with van der Waals surface area (Å²) in [5, 5.41) is 7.24. The third-order valence-electron chi connectivity index (χ3n) is 18.8. The van der Waals surface area contributed by atoms with Gasteiger partial charge in [-0.15, -0.1) is 6.42 Å². The summed E-state index contributed by atoms with van der Waals surface area (Å²) >= 11 is 0. The van der Waals surface area contributed by atoms with Crippen LogP contribution in [0.15, 0.2) is 254 Å². The van der Waals surface area contributed by atoms with Crippen LogP contribution in [0.4, 0.5) is 23.3 Å². The lowest BCUT2D eigenvalue weighted by Crippen LogP contribution is -2.69. The zero-order valence-electron chi connectivity index (χ0n) is 63.3. The van der Waals surface area contributed by atoms with Crippen LogP contribution in [0.5, 0.6) is 0 Å². The molecule has 12 bridgehead atoms. The van der Waals surface area contributed by atoms with E-state index in [1.165, 1.54) is 0 Å². The van der Waals surface area contributed by atoms with E-state index in [1.54, 1.807) is 6.92 Å². The van der Waals surface area contributed by atoms with E-state index in [4.69, 9.17) is 83.4 Å². The van der Waals surface area contributed by atoms with E-state index < -0.39 is 45.6 Å². The van der Waals surface area contributed by atoms with Crippen molar-refractivity contribution in [3.05, 3.63) is 261 Å². The Balaban J connectivity index is 0.000000140. The van der Waals surface area contributed by atoms with E-state index in [9.17, 15) is 0 Å². The highest BCUT2D eigenvalue weighted by Crippen LogP contribution is 2.48. The summed E-state index contributed by atoms with van der Waals surface area (Å²) in [6, 6.07) is 65.6. The van der Waals surface area contributed by atoms with Crippen molar-refractivity contribution >= 4 is 147 Å². The highest BCUT2D eigenvalue weighted by Gasteiger charge is 2.59. The first kappa shape index (κ1) is 70.1. The first-order valence-electron chi connectivity index (χ1n) is 36.6. The second-order valence-electron chi connectivity index (χ2n) is 31.2. The third kappa shape index (κ3) is 11.9. The number of terminal acetylenes is 1. The van der Waals surface area contributed by atoms with Gasteiger partial charge in [-0.2, -0.15) is 0 Å². The van der Waals surface area contributed by atoms with Crippen molar-refractivity contribution in [2.75, 3.05) is 0 Å². The molecule has 0 unspecified atom stereocenters. The Hall–Kier alpha value is -12.6. The minimum absolute atomic E-state index is 0.565. The minimum atomic E-state index is -4.16. The van der Waals surface area contributed by atoms with E-state index in [-0.39, 0.29) is 0 Å². The third-order valence-corrected chi connectivity index (χ3v) is 31.6. The van der Waals surface area contributed by atoms with Crippen LogP contribution in [0, 0.1) is 47.9 Å². The Morgan fingerprint density at radius 2 is 0.514 bits per heavy atom. The lowest BCUT2D eigenvalue weighted by atomic mass is 10.1. The fourth-order valence-electron chi connectivity index (χ4n) is 15.1. The monoisotopic (exact) mass is 1520 g/mol. The molecule has 20 nitrogen and oxygen atoms in total. The molecule has 0 saturated carbocycles. The second kappa shape index (κ2) is 26.1. The Labute approximate surface area is 644 Å². The highest BCUT2D eigenvalue weighted by molar-refractivity contribution is 6.87. The predicted octanol–water partition coefficient (Wildman–Crippen LogP) is 14.7. The van der Waals surface area contributed by atoms with Crippen LogP contribution in [-0.4, -0.2) is 109 Å². The Morgan fingerprint density at radius 1 is 0.288 bits per heavy atom. The van der Waals surface area contributed by atoms with Gasteiger partial charge in [0.1, 0.15) is 45.2 Å². The smallest absolute Gasteiger partial charge is 0.404 e. The predicted molar refractivity (Wildman–Crippen MR) is 451 cm³/mol. The van der Waals surface area contributed by atoms with Crippen LogP contribution >= 0.6 is 0 Å². The van der Waals surface area contributed by atoms with Crippen LogP contribution in [0.25, 0.3) is 43.1 Å². The lowest BCUT2D eigenvalue weighted by molar-refractivity contribution is 0.00217. The largest absolute Gasteiger partial charge is 0.604 e. The van der Waals surface area contributed by atoms with Crippen LogP contribution in [-0.2, 0) is 17.1 Å². The molecule has 0 amide bonds. The molecule has 4 aromatic heterocycles. The number of amidine groups is 8. The molecule has 20 rings (SSSR count). The zero-order valence-corrected chi connectivity index (χ0v) is 67.3. The van der Waals surface area contributed by atoms with Crippen LogP contribution in [0.1, 0.15) is 93.0 Å². The van der Waals surface area contributed by atoms with Crippen molar-refractivity contribution in [2.24, 2.45) is 59.9 Å². The van der Waals surface area contributed by atoms with Gasteiger partial charge >= 0.3 is 17.8 Å². The van der Waals surface area contributed by atoms with Crippen molar-refractivity contribution in [1.29, 1.82) is 0 Å². The fraction of sp³-hybridized carbons (Fsp3) is 0.172. The quantitative estimate of drug-likeness (QED) is 0.118. The van der Waals surface area contributed by atoms with Gasteiger partial charge in [0, 0.05) is 87.6 Å². The molecule has 8 aliphatic rings. The zero-order chi connectivity index (χ0) is 76.7. The number of nitrogens with zero attached hydrogens (tertiary/aromatic N) is 16. The SMILES string of the molecule is C#CC#CC#CC#CC.CC(C)(C)O[Si]1(OC(C)(C)C)n2c3c4ccccc4c2N=C2N=C(N=c4c5ccccc5c(n41)=NC1=NC(=N3)c3ccccc31)c1ccccc12.C[Si](C)(C)O[Si]1(O[Si](C)(C)C)n2c3c4ccccc4c2N=C2N=C(N=c4c5ccccc5c(n41)=NC1=NC(=N3)c3ccccc31)c1ccccc12. The number of rotatable bonds is 6. The normalized spacial score (nSPS) is 15.7. The summed E-state index contributed by atoms with van der Waals surface area (Å²) in [7, 11) is -13.1. The molecule has 0 atom stereocenters. The van der Waals surface area contributed by atoms with Gasteiger partial charge in [-0.25, -0.2) is 59.9 Å². The van der Waals surface area contributed by atoms with E-state index >= 15 is 0 Å². The molecule has 0 fully saturated rings. The lowest BCUT2D eigenvalue weighted by Gasteiger charge is -2.41. The molecule has 0 N–H and O–H groups in total. The van der Waals surface area contributed by atoms with Crippen molar-refractivity contribution in [2.45, 2.75) is 99.0 Å². The molecule has 0 aliphatic carbocycles. The fourth-order valence-corrected chi connectivity index (χ4v) is 29.4. The number of hydrogen-bond acceptors (Lipinski definition) is 16. The number of aromatic nitrogens is 4. The molecule has 0 radical (unpaired) electrons. The number of fused-ring (bicyclic) bond motifs is 28. The highest BCUT2D eigenvalue weighted by atomic mass is 28.5. The summed E-state index contributed by atoms with van der Waals surface area (Å²) in [6.45, 7) is 27.3. The molecular weight excluding hydrogens is 1450 g/mol. The maximum absolute atomic E-state index is 7.75. The molecule has 0 saturated heterocycles. The molecule has 0 spiro atoms. The Bertz CT molecular complexity index is 6220. The molecule has 12 heterocycles. The van der Waals surface area contributed by atoms with E-state index in [0.717, 1.165) is 87.6 Å². The molecule has 8 aromatic carbocycles. The first-order chi connectivity index (χ1) is 53.4. The van der Waals surface area contributed by atoms with Gasteiger partial charge in [-0.1, -0.05) is 200 Å². The summed E-state index contributed by atoms with van der Waals surface area (Å²) < 4.78 is 39.3. The summed E-state index contributed by atoms with van der Waals surface area (Å²) in [4.78, 5) is 64.3. The van der Waals surface area contributed by atoms with Gasteiger partial charge in [0.25, 0.3) is 0 Å². The van der Waals surface area contributed by atoms with Crippen LogP contribution in [0.3, 0.4) is 0 Å². The summed E-state index contributed by atoms with van der Waals surface area (Å²) in [5.41, 5.74) is 8.48. The maximum atomic E-state index is 7.75. The van der Waals surface area contributed by atoms with Gasteiger partial charge in [0.15, 0.2) is 63.3 Å². The molecule has 12 aromatic rings. The van der Waals surface area contributed by atoms with Gasteiger partial charge in [-0.3, -0.25) is 16.9 Å². The molecular formula is C87H72N16O4Si4. The first-order valence-corrected chi connectivity index (χ1v) is 46.8. The van der Waals surface area contributed by atoms with Crippen molar-refractivity contribution in [1.82, 2.24) is 16.9 Å². The number of hydrogen-bond donors (Lipinski definition) is 0. The molecule has 540 valence electrons. The van der Waals surface area contributed by atoms with Crippen LogP contribution in [0.2, 0.25) is 39.3 Å². The maximum Gasteiger partial charge on any atom is 0.604 e. The van der Waals surface area contributed by atoms with E-state index in [1.807, 2.05) is 121 Å².